The average molecular weight is 395 g/mol. The lowest BCUT2D eigenvalue weighted by Gasteiger charge is -2.05. The SMILES string of the molecule is CSc1nn2cc(-c3nc4c(OCc5ccncc5)cccc4o3)nc2s1. The molecular formula is C18H13N5O2S2. The van der Waals surface area contributed by atoms with E-state index in [0.717, 1.165) is 14.9 Å². The zero-order valence-electron chi connectivity index (χ0n) is 14.2. The molecule has 1 aromatic carbocycles. The van der Waals surface area contributed by atoms with E-state index in [1.807, 2.05) is 42.8 Å². The highest BCUT2D eigenvalue weighted by molar-refractivity contribution is 8.00. The van der Waals surface area contributed by atoms with E-state index in [0.29, 0.717) is 35.0 Å². The molecule has 0 radical (unpaired) electrons. The summed E-state index contributed by atoms with van der Waals surface area (Å²) >= 11 is 3.13. The molecule has 0 amide bonds. The van der Waals surface area contributed by atoms with Gasteiger partial charge in [-0.25, -0.2) is 14.5 Å². The third-order valence-corrected chi connectivity index (χ3v) is 5.84. The molecule has 0 aliphatic carbocycles. The van der Waals surface area contributed by atoms with Gasteiger partial charge in [0.2, 0.25) is 10.9 Å². The summed E-state index contributed by atoms with van der Waals surface area (Å²) < 4.78 is 14.6. The fraction of sp³-hybridized carbons (Fsp3) is 0.111. The Balaban J connectivity index is 1.48. The van der Waals surface area contributed by atoms with Crippen molar-refractivity contribution in [2.24, 2.45) is 0 Å². The quantitative estimate of drug-likeness (QED) is 0.411. The lowest BCUT2D eigenvalue weighted by atomic mass is 10.3. The zero-order valence-corrected chi connectivity index (χ0v) is 15.8. The summed E-state index contributed by atoms with van der Waals surface area (Å²) in [6.07, 6.45) is 7.31. The first-order valence-corrected chi connectivity index (χ1v) is 10.2. The van der Waals surface area contributed by atoms with E-state index < -0.39 is 0 Å². The maximum atomic E-state index is 5.94. The molecule has 0 unspecified atom stereocenters. The molecule has 7 nitrogen and oxygen atoms in total. The first-order valence-electron chi connectivity index (χ1n) is 8.12. The van der Waals surface area contributed by atoms with Crippen molar-refractivity contribution in [1.29, 1.82) is 0 Å². The van der Waals surface area contributed by atoms with Gasteiger partial charge in [-0.1, -0.05) is 29.2 Å². The zero-order chi connectivity index (χ0) is 18.2. The number of fused-ring (bicyclic) bond motifs is 2. The molecule has 0 bridgehead atoms. The predicted molar refractivity (Wildman–Crippen MR) is 104 cm³/mol. The molecule has 0 saturated carbocycles. The number of thioether (sulfide) groups is 1. The predicted octanol–water partition coefficient (Wildman–Crippen LogP) is 4.29. The third kappa shape index (κ3) is 3.04. The van der Waals surface area contributed by atoms with Crippen LogP contribution in [0.1, 0.15) is 5.56 Å². The highest BCUT2D eigenvalue weighted by atomic mass is 32.2. The number of hydrogen-bond acceptors (Lipinski definition) is 8. The second kappa shape index (κ2) is 6.67. The Kier molecular flexibility index (Phi) is 4.02. The Morgan fingerprint density at radius 2 is 2.07 bits per heavy atom. The van der Waals surface area contributed by atoms with Gasteiger partial charge in [0.1, 0.15) is 18.1 Å². The summed E-state index contributed by atoms with van der Waals surface area (Å²) in [5.74, 6) is 1.12. The minimum absolute atomic E-state index is 0.436. The molecular weight excluding hydrogens is 382 g/mol. The van der Waals surface area contributed by atoms with Crippen LogP contribution in [0, 0.1) is 0 Å². The number of hydrogen-bond donors (Lipinski definition) is 0. The van der Waals surface area contributed by atoms with Crippen molar-refractivity contribution >= 4 is 39.2 Å². The summed E-state index contributed by atoms with van der Waals surface area (Å²) in [5, 5.41) is 4.45. The molecule has 5 aromatic rings. The lowest BCUT2D eigenvalue weighted by Crippen LogP contribution is -1.95. The van der Waals surface area contributed by atoms with Gasteiger partial charge < -0.3 is 9.15 Å². The maximum absolute atomic E-state index is 5.94. The van der Waals surface area contributed by atoms with Gasteiger partial charge in [-0.15, -0.1) is 5.10 Å². The lowest BCUT2D eigenvalue weighted by molar-refractivity contribution is 0.309. The summed E-state index contributed by atoms with van der Waals surface area (Å²) in [5.41, 5.74) is 3.02. The number of rotatable bonds is 5. The minimum atomic E-state index is 0.436. The summed E-state index contributed by atoms with van der Waals surface area (Å²) in [4.78, 5) is 14.0. The topological polar surface area (TPSA) is 78.3 Å². The van der Waals surface area contributed by atoms with Crippen LogP contribution < -0.4 is 4.74 Å². The Morgan fingerprint density at radius 3 is 2.89 bits per heavy atom. The number of oxazole rings is 1. The van der Waals surface area contributed by atoms with Crippen LogP contribution in [-0.4, -0.2) is 30.8 Å². The van der Waals surface area contributed by atoms with Crippen LogP contribution in [0.4, 0.5) is 0 Å². The van der Waals surface area contributed by atoms with Crippen molar-refractivity contribution in [3.05, 3.63) is 54.5 Å². The van der Waals surface area contributed by atoms with Gasteiger partial charge in [0.05, 0.1) is 6.20 Å². The smallest absolute Gasteiger partial charge is 0.248 e. The van der Waals surface area contributed by atoms with Gasteiger partial charge in [-0.2, -0.15) is 0 Å². The van der Waals surface area contributed by atoms with E-state index in [-0.39, 0.29) is 0 Å². The van der Waals surface area contributed by atoms with Gasteiger partial charge in [-0.05, 0) is 36.1 Å². The molecule has 0 aliphatic rings. The fourth-order valence-electron chi connectivity index (χ4n) is 2.66. The van der Waals surface area contributed by atoms with Crippen LogP contribution >= 0.6 is 23.1 Å². The van der Waals surface area contributed by atoms with E-state index in [1.165, 1.54) is 11.3 Å². The molecule has 0 saturated heterocycles. The van der Waals surface area contributed by atoms with Crippen LogP contribution in [0.2, 0.25) is 0 Å². The molecule has 0 aliphatic heterocycles. The van der Waals surface area contributed by atoms with E-state index >= 15 is 0 Å². The molecule has 0 N–H and O–H groups in total. The van der Waals surface area contributed by atoms with Crippen molar-refractivity contribution in [3.8, 4) is 17.3 Å². The largest absolute Gasteiger partial charge is 0.486 e. The van der Waals surface area contributed by atoms with Crippen LogP contribution in [-0.2, 0) is 6.61 Å². The van der Waals surface area contributed by atoms with Crippen molar-refractivity contribution in [2.75, 3.05) is 6.26 Å². The molecule has 0 spiro atoms. The van der Waals surface area contributed by atoms with E-state index in [1.54, 1.807) is 28.7 Å². The molecule has 27 heavy (non-hydrogen) atoms. The van der Waals surface area contributed by atoms with Crippen molar-refractivity contribution in [3.63, 3.8) is 0 Å². The molecule has 4 heterocycles. The number of benzene rings is 1. The fourth-order valence-corrected chi connectivity index (χ4v) is 4.00. The number of pyridine rings is 1. The first-order chi connectivity index (χ1) is 13.3. The number of nitrogens with zero attached hydrogens (tertiary/aromatic N) is 5. The monoisotopic (exact) mass is 395 g/mol. The second-order valence-corrected chi connectivity index (χ2v) is 7.70. The molecule has 9 heteroatoms. The van der Waals surface area contributed by atoms with Gasteiger partial charge in [0.15, 0.2) is 15.4 Å². The van der Waals surface area contributed by atoms with Gasteiger partial charge in [-0.3, -0.25) is 4.98 Å². The van der Waals surface area contributed by atoms with Crippen molar-refractivity contribution in [1.82, 2.24) is 24.6 Å². The average Bonchev–Trinajstić information content (AvgIpc) is 3.39. The summed E-state index contributed by atoms with van der Waals surface area (Å²) in [6, 6.07) is 9.48. The first kappa shape index (κ1) is 16.3. The van der Waals surface area contributed by atoms with Crippen LogP contribution in [0.3, 0.4) is 0 Å². The van der Waals surface area contributed by atoms with Gasteiger partial charge >= 0.3 is 0 Å². The van der Waals surface area contributed by atoms with E-state index in [2.05, 4.69) is 20.1 Å². The maximum Gasteiger partial charge on any atom is 0.248 e. The number of imidazole rings is 1. The Morgan fingerprint density at radius 1 is 1.19 bits per heavy atom. The number of para-hydroxylation sites is 1. The second-order valence-electron chi connectivity index (χ2n) is 5.69. The third-order valence-electron chi connectivity index (χ3n) is 3.94. The Bertz CT molecular complexity index is 1200. The highest BCUT2D eigenvalue weighted by Crippen LogP contribution is 2.31. The molecule has 0 fully saturated rings. The number of ether oxygens (including phenoxy) is 1. The van der Waals surface area contributed by atoms with E-state index in [9.17, 15) is 0 Å². The van der Waals surface area contributed by atoms with Crippen LogP contribution in [0.25, 0.3) is 27.6 Å². The van der Waals surface area contributed by atoms with Crippen LogP contribution in [0.5, 0.6) is 5.75 Å². The number of aromatic nitrogens is 5. The minimum Gasteiger partial charge on any atom is -0.486 e. The van der Waals surface area contributed by atoms with Crippen molar-refractivity contribution < 1.29 is 9.15 Å². The summed E-state index contributed by atoms with van der Waals surface area (Å²) in [6.45, 7) is 0.436. The van der Waals surface area contributed by atoms with E-state index in [4.69, 9.17) is 9.15 Å². The van der Waals surface area contributed by atoms with Crippen molar-refractivity contribution in [2.45, 2.75) is 10.9 Å². The standard InChI is InChI=1S/C18H13N5O2S2/c1-26-18-22-23-9-12(20-17(23)27-18)16-21-15-13(3-2-4-14(15)25-16)24-10-11-5-7-19-8-6-11/h2-9H,10H2,1H3. The Hall–Kier alpha value is -2.91. The van der Waals surface area contributed by atoms with Crippen LogP contribution in [0.15, 0.2) is 57.7 Å². The molecule has 134 valence electrons. The molecule has 4 aromatic heterocycles. The van der Waals surface area contributed by atoms with Gasteiger partial charge in [0, 0.05) is 12.4 Å². The Labute approximate surface area is 162 Å². The molecule has 5 rings (SSSR count). The normalized spacial score (nSPS) is 11.4. The highest BCUT2D eigenvalue weighted by Gasteiger charge is 2.16. The summed E-state index contributed by atoms with van der Waals surface area (Å²) in [7, 11) is 0. The molecule has 0 atom stereocenters. The van der Waals surface area contributed by atoms with Gasteiger partial charge in [0.25, 0.3) is 0 Å².